The first-order chi connectivity index (χ1) is 8.36. The Balaban J connectivity index is 2.03. The van der Waals surface area contributed by atoms with E-state index in [-0.39, 0.29) is 0 Å². The maximum Gasteiger partial charge on any atom is 0.175 e. The van der Waals surface area contributed by atoms with E-state index < -0.39 is 0 Å². The first-order valence-electron chi connectivity index (χ1n) is 6.17. The van der Waals surface area contributed by atoms with Crippen molar-refractivity contribution in [2.24, 2.45) is 0 Å². The topological polar surface area (TPSA) is 30.5 Å². The number of benzene rings is 1. The zero-order valence-corrected chi connectivity index (χ0v) is 11.3. The fourth-order valence-corrected chi connectivity index (χ4v) is 2.90. The SMILES string of the molecule is Brc1ccc(C2CCCN2)c2c1OCCCO2. The molecule has 0 aromatic heterocycles. The molecular formula is C13H16BrNO2. The molecule has 2 aliphatic rings. The third-order valence-electron chi connectivity index (χ3n) is 3.31. The molecule has 0 spiro atoms. The van der Waals surface area contributed by atoms with E-state index in [1.54, 1.807) is 0 Å². The summed E-state index contributed by atoms with van der Waals surface area (Å²) in [5.41, 5.74) is 1.24. The standard InChI is InChI=1S/C13H16BrNO2/c14-10-5-4-9(11-3-1-6-15-11)12-13(10)17-8-2-7-16-12/h4-5,11,15H,1-3,6-8H2. The summed E-state index contributed by atoms with van der Waals surface area (Å²) in [6, 6.07) is 4.61. The number of halogens is 1. The van der Waals surface area contributed by atoms with Gasteiger partial charge in [0.05, 0.1) is 17.7 Å². The van der Waals surface area contributed by atoms with Gasteiger partial charge in [-0.15, -0.1) is 0 Å². The Hall–Kier alpha value is -0.740. The molecule has 2 heterocycles. The largest absolute Gasteiger partial charge is 0.489 e. The van der Waals surface area contributed by atoms with Crippen LogP contribution in [0.15, 0.2) is 16.6 Å². The molecule has 1 atom stereocenters. The number of nitrogens with one attached hydrogen (secondary N) is 1. The number of ether oxygens (including phenoxy) is 2. The van der Waals surface area contributed by atoms with Gasteiger partial charge in [0.15, 0.2) is 11.5 Å². The predicted octanol–water partition coefficient (Wildman–Crippen LogP) is 3.03. The number of hydrogen-bond donors (Lipinski definition) is 1. The Kier molecular flexibility index (Phi) is 3.25. The lowest BCUT2D eigenvalue weighted by molar-refractivity contribution is 0.295. The van der Waals surface area contributed by atoms with E-state index in [4.69, 9.17) is 9.47 Å². The van der Waals surface area contributed by atoms with Crippen molar-refractivity contribution >= 4 is 15.9 Å². The fourth-order valence-electron chi connectivity index (χ4n) is 2.47. The second kappa shape index (κ2) is 4.86. The van der Waals surface area contributed by atoms with Crippen LogP contribution in [0.5, 0.6) is 11.5 Å². The molecule has 1 aromatic rings. The maximum absolute atomic E-state index is 5.88. The zero-order chi connectivity index (χ0) is 11.7. The normalized spacial score (nSPS) is 23.5. The lowest BCUT2D eigenvalue weighted by Gasteiger charge is -2.18. The van der Waals surface area contributed by atoms with Gasteiger partial charge in [-0.3, -0.25) is 0 Å². The van der Waals surface area contributed by atoms with Crippen LogP contribution in [-0.4, -0.2) is 19.8 Å². The highest BCUT2D eigenvalue weighted by atomic mass is 79.9. The highest BCUT2D eigenvalue weighted by Crippen LogP contribution is 2.43. The van der Waals surface area contributed by atoms with Gasteiger partial charge in [-0.1, -0.05) is 6.07 Å². The van der Waals surface area contributed by atoms with E-state index in [9.17, 15) is 0 Å². The van der Waals surface area contributed by atoms with Crippen LogP contribution in [0.1, 0.15) is 30.9 Å². The Morgan fingerprint density at radius 1 is 1.12 bits per heavy atom. The van der Waals surface area contributed by atoms with Crippen LogP contribution >= 0.6 is 15.9 Å². The van der Waals surface area contributed by atoms with E-state index in [1.165, 1.54) is 18.4 Å². The summed E-state index contributed by atoms with van der Waals surface area (Å²) in [4.78, 5) is 0. The van der Waals surface area contributed by atoms with Gasteiger partial charge in [0.25, 0.3) is 0 Å². The van der Waals surface area contributed by atoms with Gasteiger partial charge in [-0.2, -0.15) is 0 Å². The molecule has 3 nitrogen and oxygen atoms in total. The van der Waals surface area contributed by atoms with Crippen molar-refractivity contribution in [3.63, 3.8) is 0 Å². The second-order valence-electron chi connectivity index (χ2n) is 4.49. The molecule has 4 heteroatoms. The quantitative estimate of drug-likeness (QED) is 0.864. The van der Waals surface area contributed by atoms with Crippen molar-refractivity contribution in [2.75, 3.05) is 19.8 Å². The lowest BCUT2D eigenvalue weighted by Crippen LogP contribution is -2.14. The van der Waals surface area contributed by atoms with Gasteiger partial charge in [0.1, 0.15) is 0 Å². The summed E-state index contributed by atoms with van der Waals surface area (Å²) in [6.45, 7) is 2.56. The van der Waals surface area contributed by atoms with Crippen LogP contribution in [0.25, 0.3) is 0 Å². The van der Waals surface area contributed by atoms with E-state index in [1.807, 2.05) is 0 Å². The molecule has 0 aliphatic carbocycles. The van der Waals surface area contributed by atoms with Gasteiger partial charge >= 0.3 is 0 Å². The van der Waals surface area contributed by atoms with Crippen molar-refractivity contribution in [1.29, 1.82) is 0 Å². The number of hydrogen-bond acceptors (Lipinski definition) is 3. The summed E-state index contributed by atoms with van der Waals surface area (Å²) in [5, 5.41) is 3.51. The average Bonchev–Trinajstić information content (AvgIpc) is 2.74. The predicted molar refractivity (Wildman–Crippen MR) is 69.7 cm³/mol. The van der Waals surface area contributed by atoms with Crippen molar-refractivity contribution in [2.45, 2.75) is 25.3 Å². The second-order valence-corrected chi connectivity index (χ2v) is 5.35. The minimum atomic E-state index is 0.415. The first kappa shape index (κ1) is 11.4. The van der Waals surface area contributed by atoms with Gasteiger partial charge < -0.3 is 14.8 Å². The van der Waals surface area contributed by atoms with Crippen LogP contribution in [0.2, 0.25) is 0 Å². The highest BCUT2D eigenvalue weighted by Gasteiger charge is 2.25. The molecule has 0 radical (unpaired) electrons. The van der Waals surface area contributed by atoms with Crippen LogP contribution < -0.4 is 14.8 Å². The first-order valence-corrected chi connectivity index (χ1v) is 6.97. The van der Waals surface area contributed by atoms with Crippen molar-refractivity contribution < 1.29 is 9.47 Å². The van der Waals surface area contributed by atoms with Crippen LogP contribution in [0, 0.1) is 0 Å². The third kappa shape index (κ3) is 2.16. The van der Waals surface area contributed by atoms with E-state index >= 15 is 0 Å². The van der Waals surface area contributed by atoms with E-state index in [0.29, 0.717) is 6.04 Å². The number of fused-ring (bicyclic) bond motifs is 1. The molecule has 92 valence electrons. The summed E-state index contributed by atoms with van der Waals surface area (Å²) in [7, 11) is 0. The molecule has 0 saturated carbocycles. The molecule has 1 unspecified atom stereocenters. The highest BCUT2D eigenvalue weighted by molar-refractivity contribution is 9.10. The molecule has 1 saturated heterocycles. The molecule has 1 aromatic carbocycles. The molecule has 1 fully saturated rings. The maximum atomic E-state index is 5.88. The van der Waals surface area contributed by atoms with Crippen LogP contribution in [0.3, 0.4) is 0 Å². The molecular weight excluding hydrogens is 282 g/mol. The van der Waals surface area contributed by atoms with E-state index in [2.05, 4.69) is 33.4 Å². The monoisotopic (exact) mass is 297 g/mol. The molecule has 0 bridgehead atoms. The Morgan fingerprint density at radius 3 is 2.71 bits per heavy atom. The minimum absolute atomic E-state index is 0.415. The molecule has 1 N–H and O–H groups in total. The van der Waals surface area contributed by atoms with Crippen LogP contribution in [0.4, 0.5) is 0 Å². The lowest BCUT2D eigenvalue weighted by atomic mass is 10.0. The summed E-state index contributed by atoms with van der Waals surface area (Å²) < 4.78 is 12.6. The zero-order valence-electron chi connectivity index (χ0n) is 9.67. The third-order valence-corrected chi connectivity index (χ3v) is 3.94. The van der Waals surface area contributed by atoms with Gasteiger partial charge in [0, 0.05) is 18.0 Å². The van der Waals surface area contributed by atoms with Crippen molar-refractivity contribution in [3.8, 4) is 11.5 Å². The molecule has 3 rings (SSSR count). The average molecular weight is 298 g/mol. The van der Waals surface area contributed by atoms with Crippen molar-refractivity contribution in [1.82, 2.24) is 5.32 Å². The number of rotatable bonds is 1. The summed E-state index contributed by atoms with van der Waals surface area (Å²) >= 11 is 3.53. The smallest absolute Gasteiger partial charge is 0.175 e. The molecule has 2 aliphatic heterocycles. The summed E-state index contributed by atoms with van der Waals surface area (Å²) in [6.07, 6.45) is 3.35. The van der Waals surface area contributed by atoms with Gasteiger partial charge in [-0.25, -0.2) is 0 Å². The van der Waals surface area contributed by atoms with Crippen molar-refractivity contribution in [3.05, 3.63) is 22.2 Å². The molecule has 0 amide bonds. The molecule has 17 heavy (non-hydrogen) atoms. The summed E-state index contributed by atoms with van der Waals surface area (Å²) in [5.74, 6) is 1.80. The van der Waals surface area contributed by atoms with Gasteiger partial charge in [-0.05, 0) is 41.4 Å². The van der Waals surface area contributed by atoms with E-state index in [0.717, 1.165) is 42.2 Å². The minimum Gasteiger partial charge on any atom is -0.489 e. The van der Waals surface area contributed by atoms with Crippen LogP contribution in [-0.2, 0) is 0 Å². The Bertz CT molecular complexity index is 416. The van der Waals surface area contributed by atoms with Gasteiger partial charge in [0.2, 0.25) is 0 Å². The fraction of sp³-hybridized carbons (Fsp3) is 0.538. The Labute approximate surface area is 110 Å². The Morgan fingerprint density at radius 2 is 1.94 bits per heavy atom.